The summed E-state index contributed by atoms with van der Waals surface area (Å²) in [4.78, 5) is 23.2. The summed E-state index contributed by atoms with van der Waals surface area (Å²) in [6.07, 6.45) is 3.22. The minimum absolute atomic E-state index is 0.141. The lowest BCUT2D eigenvalue weighted by Crippen LogP contribution is -2.32. The van der Waals surface area contributed by atoms with Gasteiger partial charge in [-0.1, -0.05) is 13.3 Å². The van der Waals surface area contributed by atoms with E-state index in [4.69, 9.17) is 14.6 Å². The predicted molar refractivity (Wildman–Crippen MR) is 89.3 cm³/mol. The fourth-order valence-electron chi connectivity index (χ4n) is 2.65. The summed E-state index contributed by atoms with van der Waals surface area (Å²) >= 11 is 0. The monoisotopic (exact) mass is 335 g/mol. The van der Waals surface area contributed by atoms with Crippen molar-refractivity contribution in [3.63, 3.8) is 0 Å². The van der Waals surface area contributed by atoms with Gasteiger partial charge in [-0.25, -0.2) is 0 Å². The van der Waals surface area contributed by atoms with Crippen LogP contribution in [0.15, 0.2) is 24.3 Å². The summed E-state index contributed by atoms with van der Waals surface area (Å²) in [5.74, 6) is -0.963. The zero-order valence-corrected chi connectivity index (χ0v) is 14.0. The molecule has 0 radical (unpaired) electrons. The largest absolute Gasteiger partial charge is 0.490 e. The Bertz CT molecular complexity index is 537. The Morgan fingerprint density at radius 3 is 2.54 bits per heavy atom. The molecule has 1 atom stereocenters. The van der Waals surface area contributed by atoms with Crippen molar-refractivity contribution in [1.29, 1.82) is 0 Å². The van der Waals surface area contributed by atoms with Gasteiger partial charge in [-0.05, 0) is 30.7 Å². The first kappa shape index (κ1) is 18.3. The van der Waals surface area contributed by atoms with Crippen LogP contribution in [-0.4, -0.2) is 42.8 Å². The van der Waals surface area contributed by atoms with Crippen molar-refractivity contribution in [2.24, 2.45) is 5.92 Å². The van der Waals surface area contributed by atoms with E-state index in [1.807, 2.05) is 6.92 Å². The van der Waals surface area contributed by atoms with Crippen molar-refractivity contribution in [3.8, 4) is 5.75 Å². The number of aliphatic carboxylic acids is 1. The number of carbonyl (C=O) groups excluding carboxylic acids is 1. The van der Waals surface area contributed by atoms with Crippen LogP contribution in [-0.2, 0) is 9.53 Å². The first-order valence-electron chi connectivity index (χ1n) is 8.45. The molecule has 24 heavy (non-hydrogen) atoms. The molecule has 1 aromatic rings. The maximum Gasteiger partial charge on any atom is 0.308 e. The average Bonchev–Trinajstić information content (AvgIpc) is 2.59. The van der Waals surface area contributed by atoms with Gasteiger partial charge in [-0.2, -0.15) is 0 Å². The fourth-order valence-corrected chi connectivity index (χ4v) is 2.65. The van der Waals surface area contributed by atoms with Crippen LogP contribution >= 0.6 is 0 Å². The van der Waals surface area contributed by atoms with Gasteiger partial charge in [-0.3, -0.25) is 9.59 Å². The topological polar surface area (TPSA) is 84.9 Å². The fraction of sp³-hybridized carbons (Fsp3) is 0.556. The Balaban J connectivity index is 1.85. The maximum atomic E-state index is 12.1. The molecular formula is C18H25NO5. The van der Waals surface area contributed by atoms with Crippen LogP contribution in [0.1, 0.15) is 43.0 Å². The molecule has 6 nitrogen and oxygen atoms in total. The highest BCUT2D eigenvalue weighted by molar-refractivity contribution is 5.94. The Labute approximate surface area is 142 Å². The van der Waals surface area contributed by atoms with Gasteiger partial charge in [0, 0.05) is 24.9 Å². The van der Waals surface area contributed by atoms with E-state index in [2.05, 4.69) is 5.32 Å². The van der Waals surface area contributed by atoms with E-state index in [1.54, 1.807) is 24.3 Å². The molecule has 2 rings (SSSR count). The highest BCUT2D eigenvalue weighted by Gasteiger charge is 2.18. The lowest BCUT2D eigenvalue weighted by Gasteiger charge is -2.23. The van der Waals surface area contributed by atoms with Gasteiger partial charge in [0.25, 0.3) is 5.91 Å². The SMILES string of the molecule is CCCC(CNC(=O)c1ccc(OC2CCOCC2)cc1)C(=O)O. The number of carboxylic acid groups (broad SMARTS) is 1. The molecule has 1 unspecified atom stereocenters. The minimum atomic E-state index is -0.877. The predicted octanol–water partition coefficient (Wildman–Crippen LogP) is 2.48. The summed E-state index contributed by atoms with van der Waals surface area (Å²) in [6.45, 7) is 3.50. The molecule has 6 heteroatoms. The van der Waals surface area contributed by atoms with E-state index in [9.17, 15) is 9.59 Å². The number of benzene rings is 1. The number of carbonyl (C=O) groups is 2. The normalized spacial score (nSPS) is 16.4. The third-order valence-electron chi connectivity index (χ3n) is 4.08. The molecule has 1 aromatic carbocycles. The lowest BCUT2D eigenvalue weighted by atomic mass is 10.0. The van der Waals surface area contributed by atoms with Crippen molar-refractivity contribution in [1.82, 2.24) is 5.32 Å². The summed E-state index contributed by atoms with van der Waals surface area (Å²) in [7, 11) is 0. The van der Waals surface area contributed by atoms with E-state index in [1.165, 1.54) is 0 Å². The third-order valence-corrected chi connectivity index (χ3v) is 4.08. The van der Waals surface area contributed by atoms with Gasteiger partial charge in [0.15, 0.2) is 0 Å². The van der Waals surface area contributed by atoms with E-state index in [0.29, 0.717) is 25.2 Å². The quantitative estimate of drug-likeness (QED) is 0.762. The van der Waals surface area contributed by atoms with Crippen molar-refractivity contribution in [3.05, 3.63) is 29.8 Å². The van der Waals surface area contributed by atoms with Gasteiger partial charge in [0.1, 0.15) is 11.9 Å². The van der Waals surface area contributed by atoms with Crippen LogP contribution < -0.4 is 10.1 Å². The molecule has 132 valence electrons. The van der Waals surface area contributed by atoms with Crippen molar-refractivity contribution >= 4 is 11.9 Å². The molecule has 1 amide bonds. The summed E-state index contributed by atoms with van der Waals surface area (Å²) in [6, 6.07) is 6.93. The number of rotatable bonds is 8. The molecule has 1 aliphatic heterocycles. The first-order chi connectivity index (χ1) is 11.6. The molecule has 0 aromatic heterocycles. The molecule has 1 aliphatic rings. The molecular weight excluding hydrogens is 310 g/mol. The molecule has 1 heterocycles. The van der Waals surface area contributed by atoms with Crippen LogP contribution in [0.2, 0.25) is 0 Å². The summed E-state index contributed by atoms with van der Waals surface area (Å²) in [5.41, 5.74) is 0.495. The Kier molecular flexibility index (Phi) is 7.06. The summed E-state index contributed by atoms with van der Waals surface area (Å²) < 4.78 is 11.2. The van der Waals surface area contributed by atoms with E-state index < -0.39 is 11.9 Å². The number of amides is 1. The second kappa shape index (κ2) is 9.27. The van der Waals surface area contributed by atoms with Gasteiger partial charge in [0.05, 0.1) is 19.1 Å². The van der Waals surface area contributed by atoms with E-state index >= 15 is 0 Å². The second-order valence-electron chi connectivity index (χ2n) is 5.99. The van der Waals surface area contributed by atoms with E-state index in [-0.39, 0.29) is 18.6 Å². The number of ether oxygens (including phenoxy) is 2. The van der Waals surface area contributed by atoms with Gasteiger partial charge in [-0.15, -0.1) is 0 Å². The van der Waals surface area contributed by atoms with E-state index in [0.717, 1.165) is 25.0 Å². The number of hydrogen-bond acceptors (Lipinski definition) is 4. The van der Waals surface area contributed by atoms with Gasteiger partial charge < -0.3 is 19.9 Å². The number of hydrogen-bond donors (Lipinski definition) is 2. The van der Waals surface area contributed by atoms with Crippen LogP contribution in [0.5, 0.6) is 5.75 Å². The van der Waals surface area contributed by atoms with Crippen LogP contribution in [0.25, 0.3) is 0 Å². The highest BCUT2D eigenvalue weighted by atomic mass is 16.5. The van der Waals surface area contributed by atoms with Crippen LogP contribution in [0, 0.1) is 5.92 Å². The third kappa shape index (κ3) is 5.53. The molecule has 2 N–H and O–H groups in total. The Morgan fingerprint density at radius 1 is 1.29 bits per heavy atom. The summed E-state index contributed by atoms with van der Waals surface area (Å²) in [5, 5.41) is 11.8. The maximum absolute atomic E-state index is 12.1. The van der Waals surface area contributed by atoms with Crippen LogP contribution in [0.4, 0.5) is 0 Å². The second-order valence-corrected chi connectivity index (χ2v) is 5.99. The number of carboxylic acids is 1. The minimum Gasteiger partial charge on any atom is -0.490 e. The first-order valence-corrected chi connectivity index (χ1v) is 8.45. The van der Waals surface area contributed by atoms with Crippen molar-refractivity contribution < 1.29 is 24.2 Å². The molecule has 0 bridgehead atoms. The smallest absolute Gasteiger partial charge is 0.308 e. The standard InChI is InChI=1S/C18H25NO5/c1-2-3-14(18(21)22)12-19-17(20)13-4-6-15(7-5-13)24-16-8-10-23-11-9-16/h4-7,14,16H,2-3,8-12H2,1H3,(H,19,20)(H,21,22). The average molecular weight is 335 g/mol. The molecule has 0 aliphatic carbocycles. The Hall–Kier alpha value is -2.08. The van der Waals surface area contributed by atoms with Crippen LogP contribution in [0.3, 0.4) is 0 Å². The molecule has 1 saturated heterocycles. The highest BCUT2D eigenvalue weighted by Crippen LogP contribution is 2.18. The van der Waals surface area contributed by atoms with Gasteiger partial charge in [0.2, 0.25) is 0 Å². The van der Waals surface area contributed by atoms with Crippen molar-refractivity contribution in [2.45, 2.75) is 38.7 Å². The lowest BCUT2D eigenvalue weighted by molar-refractivity contribution is -0.141. The molecule has 0 saturated carbocycles. The molecule has 1 fully saturated rings. The van der Waals surface area contributed by atoms with Crippen molar-refractivity contribution in [2.75, 3.05) is 19.8 Å². The zero-order valence-electron chi connectivity index (χ0n) is 14.0. The van der Waals surface area contributed by atoms with Gasteiger partial charge >= 0.3 is 5.97 Å². The zero-order chi connectivity index (χ0) is 17.4. The number of nitrogens with one attached hydrogen (secondary N) is 1. The Morgan fingerprint density at radius 2 is 1.96 bits per heavy atom. The molecule has 0 spiro atoms.